The first-order valence-electron chi connectivity index (χ1n) is 15.2. The second-order valence-electron chi connectivity index (χ2n) is 11.3. The number of nitrogens with zero attached hydrogens (tertiary/aromatic N) is 3. The van der Waals surface area contributed by atoms with Crippen LogP contribution in [0.15, 0.2) is 48.0 Å². The van der Waals surface area contributed by atoms with E-state index in [1.54, 1.807) is 31.8 Å². The molecule has 0 radical (unpaired) electrons. The van der Waals surface area contributed by atoms with Crippen LogP contribution in [0, 0.1) is 0 Å². The molecule has 2 aliphatic heterocycles. The van der Waals surface area contributed by atoms with E-state index in [-0.39, 0.29) is 23.9 Å². The lowest BCUT2D eigenvalue weighted by Crippen LogP contribution is -2.35. The van der Waals surface area contributed by atoms with Crippen LogP contribution in [-0.4, -0.2) is 66.2 Å². The van der Waals surface area contributed by atoms with E-state index in [9.17, 15) is 9.59 Å². The summed E-state index contributed by atoms with van der Waals surface area (Å²) < 4.78 is 11.2. The van der Waals surface area contributed by atoms with Crippen LogP contribution in [-0.2, 0) is 22.7 Å². The van der Waals surface area contributed by atoms with E-state index >= 15 is 0 Å². The third-order valence-corrected chi connectivity index (χ3v) is 9.49. The van der Waals surface area contributed by atoms with Crippen molar-refractivity contribution in [3.05, 3.63) is 64.3 Å². The monoisotopic (exact) mass is 661 g/mol. The summed E-state index contributed by atoms with van der Waals surface area (Å²) in [6.07, 6.45) is 4.58. The summed E-state index contributed by atoms with van der Waals surface area (Å²) in [5, 5.41) is 15.3. The van der Waals surface area contributed by atoms with Crippen molar-refractivity contribution in [3.8, 4) is 44.7 Å². The van der Waals surface area contributed by atoms with Crippen LogP contribution in [0.3, 0.4) is 0 Å². The zero-order chi connectivity index (χ0) is 32.0. The molecule has 0 bridgehead atoms. The van der Waals surface area contributed by atoms with Gasteiger partial charge in [0.2, 0.25) is 23.6 Å². The molecule has 0 saturated carbocycles. The van der Waals surface area contributed by atoms with Gasteiger partial charge < -0.3 is 30.7 Å². The second-order valence-corrected chi connectivity index (χ2v) is 12.6. The first-order chi connectivity index (χ1) is 22.4. The summed E-state index contributed by atoms with van der Waals surface area (Å²) in [6, 6.07) is 12.2. The fourth-order valence-corrected chi connectivity index (χ4v) is 6.90. The smallest absolute Gasteiger partial charge is 0.237 e. The van der Waals surface area contributed by atoms with Crippen LogP contribution >= 0.6 is 22.9 Å². The predicted octanol–water partition coefficient (Wildman–Crippen LogP) is 4.34. The number of aromatic nitrogens is 3. The molecule has 2 amide bonds. The van der Waals surface area contributed by atoms with Gasteiger partial charge in [-0.3, -0.25) is 14.6 Å². The minimum atomic E-state index is 0.0976. The van der Waals surface area contributed by atoms with Gasteiger partial charge in [-0.25, -0.2) is 9.97 Å². The van der Waals surface area contributed by atoms with E-state index in [2.05, 4.69) is 37.7 Å². The molecule has 2 aliphatic rings. The minimum Gasteiger partial charge on any atom is -0.481 e. The molecule has 0 unspecified atom stereocenters. The zero-order valence-corrected chi connectivity index (χ0v) is 27.3. The van der Waals surface area contributed by atoms with Crippen LogP contribution < -0.4 is 30.7 Å². The molecular formula is C33H36ClN7O4S. The zero-order valence-electron chi connectivity index (χ0n) is 25.7. The van der Waals surface area contributed by atoms with Gasteiger partial charge in [0.1, 0.15) is 11.4 Å². The van der Waals surface area contributed by atoms with E-state index in [1.807, 2.05) is 30.3 Å². The number of benzene rings is 1. The summed E-state index contributed by atoms with van der Waals surface area (Å²) >= 11 is 8.56. The Morgan fingerprint density at radius 3 is 2.24 bits per heavy atom. The summed E-state index contributed by atoms with van der Waals surface area (Å²) in [6.45, 7) is 2.41. The average Bonchev–Trinajstić information content (AvgIpc) is 3.83. The Morgan fingerprint density at radius 1 is 0.891 bits per heavy atom. The Morgan fingerprint density at radius 2 is 1.57 bits per heavy atom. The molecule has 2 fully saturated rings. The number of thiophene rings is 1. The largest absolute Gasteiger partial charge is 0.481 e. The molecule has 0 aliphatic carbocycles. The molecule has 5 heterocycles. The standard InChI is InChI=1S/C33H36ClN7O4S/c1-44-32-19(13-35-14-21-7-10-29(42)38-21)6-9-25(40-32)24-5-3-4-23(31(24)34)20-12-28(46-18-20)26-17-37-27(33(41-26)45-2)16-36-15-22-8-11-30(43)39-22/h3-6,9,12,17-18,21-22,35-36H,7-8,10-11,13-16H2,1-2H3,(H,38,42)(H,39,43)/t21-,22-/m0/s1. The topological polar surface area (TPSA) is 139 Å². The second kappa shape index (κ2) is 14.5. The fraction of sp³-hybridized carbons (Fsp3) is 0.364. The van der Waals surface area contributed by atoms with Gasteiger partial charge in [0.05, 0.1) is 36.0 Å². The Bertz CT molecular complexity index is 1730. The molecular weight excluding hydrogens is 626 g/mol. The number of methoxy groups -OCH3 is 2. The van der Waals surface area contributed by atoms with Crippen molar-refractivity contribution in [1.82, 2.24) is 36.2 Å². The third kappa shape index (κ3) is 7.31. The van der Waals surface area contributed by atoms with Crippen molar-refractivity contribution in [2.45, 2.75) is 50.9 Å². The summed E-state index contributed by atoms with van der Waals surface area (Å²) in [5.74, 6) is 1.19. The molecule has 3 aromatic heterocycles. The maximum absolute atomic E-state index is 11.5. The number of pyridine rings is 1. The van der Waals surface area contributed by atoms with Crippen molar-refractivity contribution in [3.63, 3.8) is 0 Å². The number of carbonyl (C=O) groups excluding carboxylic acids is 2. The van der Waals surface area contributed by atoms with Crippen molar-refractivity contribution >= 4 is 34.8 Å². The quantitative estimate of drug-likeness (QED) is 0.165. The van der Waals surface area contributed by atoms with Crippen LogP contribution in [0.25, 0.3) is 33.0 Å². The number of nitrogens with one attached hydrogen (secondary N) is 4. The molecule has 0 spiro atoms. The van der Waals surface area contributed by atoms with Gasteiger partial charge in [0.15, 0.2) is 0 Å². The van der Waals surface area contributed by atoms with Gasteiger partial charge in [-0.05, 0) is 35.9 Å². The van der Waals surface area contributed by atoms with Gasteiger partial charge >= 0.3 is 0 Å². The number of carbonyl (C=O) groups is 2. The molecule has 13 heteroatoms. The predicted molar refractivity (Wildman–Crippen MR) is 178 cm³/mol. The first-order valence-corrected chi connectivity index (χ1v) is 16.5. The van der Waals surface area contributed by atoms with Gasteiger partial charge in [0.25, 0.3) is 0 Å². The number of rotatable bonds is 13. The molecule has 6 rings (SSSR count). The van der Waals surface area contributed by atoms with Crippen LogP contribution in [0.4, 0.5) is 0 Å². The lowest BCUT2D eigenvalue weighted by atomic mass is 10.0. The van der Waals surface area contributed by atoms with E-state index in [0.717, 1.165) is 40.0 Å². The van der Waals surface area contributed by atoms with Crippen molar-refractivity contribution in [2.24, 2.45) is 0 Å². The third-order valence-electron chi connectivity index (χ3n) is 8.13. The minimum absolute atomic E-state index is 0.0976. The van der Waals surface area contributed by atoms with Gasteiger partial charge in [-0.2, -0.15) is 0 Å². The van der Waals surface area contributed by atoms with Gasteiger partial charge in [0, 0.05) is 67.8 Å². The van der Waals surface area contributed by atoms with Crippen molar-refractivity contribution in [1.29, 1.82) is 0 Å². The maximum atomic E-state index is 11.5. The highest BCUT2D eigenvalue weighted by Gasteiger charge is 2.22. The van der Waals surface area contributed by atoms with Crippen LogP contribution in [0.1, 0.15) is 36.9 Å². The summed E-state index contributed by atoms with van der Waals surface area (Å²) in [4.78, 5) is 38.0. The Labute approximate surface area is 276 Å². The highest BCUT2D eigenvalue weighted by molar-refractivity contribution is 7.14. The fourth-order valence-electron chi connectivity index (χ4n) is 5.70. The lowest BCUT2D eigenvalue weighted by molar-refractivity contribution is -0.120. The van der Waals surface area contributed by atoms with Crippen molar-refractivity contribution < 1.29 is 19.1 Å². The molecule has 1 aromatic carbocycles. The van der Waals surface area contributed by atoms with E-state index < -0.39 is 0 Å². The SMILES string of the molecule is COc1nc(-c2cccc(-c3csc(-c4cnc(CNC[C@@H]5CCC(=O)N5)c(OC)n4)c3)c2Cl)ccc1CNC[C@@H]1CCC(=O)N1. The Kier molecular flexibility index (Phi) is 10.1. The van der Waals surface area contributed by atoms with E-state index in [4.69, 9.17) is 31.0 Å². The molecule has 2 atom stereocenters. The van der Waals surface area contributed by atoms with Gasteiger partial charge in [-0.15, -0.1) is 11.3 Å². The normalized spacial score (nSPS) is 17.6. The Hall–Kier alpha value is -4.10. The number of hydrogen-bond donors (Lipinski definition) is 4. The number of hydrogen-bond acceptors (Lipinski definition) is 10. The highest BCUT2D eigenvalue weighted by atomic mass is 35.5. The van der Waals surface area contributed by atoms with E-state index in [0.29, 0.717) is 72.9 Å². The molecule has 4 N–H and O–H groups in total. The summed E-state index contributed by atoms with van der Waals surface area (Å²) in [7, 11) is 3.19. The average molecular weight is 662 g/mol. The van der Waals surface area contributed by atoms with Crippen molar-refractivity contribution in [2.75, 3.05) is 27.3 Å². The molecule has 4 aromatic rings. The number of halogens is 1. The number of amides is 2. The van der Waals surface area contributed by atoms with Crippen LogP contribution in [0.2, 0.25) is 5.02 Å². The lowest BCUT2D eigenvalue weighted by Gasteiger charge is -2.14. The first kappa shape index (κ1) is 31.9. The van der Waals surface area contributed by atoms with Crippen LogP contribution in [0.5, 0.6) is 11.8 Å². The molecule has 240 valence electrons. The highest BCUT2D eigenvalue weighted by Crippen LogP contribution is 2.40. The van der Waals surface area contributed by atoms with E-state index in [1.165, 1.54) is 0 Å². The van der Waals surface area contributed by atoms with Gasteiger partial charge in [-0.1, -0.05) is 35.9 Å². The summed E-state index contributed by atoms with van der Waals surface area (Å²) in [5.41, 5.74) is 5.68. The molecule has 46 heavy (non-hydrogen) atoms. The molecule has 11 nitrogen and oxygen atoms in total. The maximum Gasteiger partial charge on any atom is 0.237 e. The number of ether oxygens (including phenoxy) is 2. The molecule has 2 saturated heterocycles. The Balaban J connectivity index is 1.14.